The van der Waals surface area contributed by atoms with Crippen molar-refractivity contribution in [1.29, 1.82) is 0 Å². The first-order valence-electron chi connectivity index (χ1n) is 7.57. The van der Waals surface area contributed by atoms with Gasteiger partial charge in [-0.05, 0) is 36.4 Å². The van der Waals surface area contributed by atoms with E-state index in [0.29, 0.717) is 23.0 Å². The molecule has 0 aromatic heterocycles. The second-order valence-corrected chi connectivity index (χ2v) is 6.04. The Bertz CT molecular complexity index is 761. The molecule has 1 saturated heterocycles. The van der Waals surface area contributed by atoms with Gasteiger partial charge in [0.05, 0.1) is 13.0 Å². The molecule has 5 nitrogen and oxygen atoms in total. The summed E-state index contributed by atoms with van der Waals surface area (Å²) in [6, 6.07) is 14.1. The summed E-state index contributed by atoms with van der Waals surface area (Å²) < 4.78 is 5.18. The summed E-state index contributed by atoms with van der Waals surface area (Å²) in [5, 5.41) is 3.43. The van der Waals surface area contributed by atoms with E-state index in [9.17, 15) is 9.59 Å². The third-order valence-corrected chi connectivity index (χ3v) is 4.22. The second kappa shape index (κ2) is 6.93. The van der Waals surface area contributed by atoms with E-state index in [1.807, 2.05) is 18.2 Å². The maximum Gasteiger partial charge on any atom is 0.229 e. The van der Waals surface area contributed by atoms with Gasteiger partial charge >= 0.3 is 0 Å². The van der Waals surface area contributed by atoms with Crippen LogP contribution in [0, 0.1) is 5.92 Å². The number of amides is 2. The predicted octanol–water partition coefficient (Wildman–Crippen LogP) is 3.34. The van der Waals surface area contributed by atoms with Crippen LogP contribution in [0.25, 0.3) is 0 Å². The van der Waals surface area contributed by atoms with Crippen molar-refractivity contribution in [1.82, 2.24) is 0 Å². The fourth-order valence-corrected chi connectivity index (χ4v) is 2.81. The number of hydrogen-bond acceptors (Lipinski definition) is 3. The molecular formula is C18H17ClN2O3. The van der Waals surface area contributed by atoms with Crippen LogP contribution in [-0.2, 0) is 9.59 Å². The minimum atomic E-state index is -0.389. The number of halogens is 1. The third-order valence-electron chi connectivity index (χ3n) is 3.97. The van der Waals surface area contributed by atoms with Gasteiger partial charge in [-0.2, -0.15) is 0 Å². The molecule has 6 heteroatoms. The number of methoxy groups -OCH3 is 1. The lowest BCUT2D eigenvalue weighted by molar-refractivity contribution is -0.122. The molecule has 1 aliphatic heterocycles. The molecule has 0 spiro atoms. The van der Waals surface area contributed by atoms with Crippen LogP contribution in [-0.4, -0.2) is 25.5 Å². The Morgan fingerprint density at radius 3 is 2.71 bits per heavy atom. The lowest BCUT2D eigenvalue weighted by Gasteiger charge is -2.17. The molecule has 2 amide bonds. The molecule has 0 saturated carbocycles. The van der Waals surface area contributed by atoms with E-state index in [0.717, 1.165) is 5.69 Å². The van der Waals surface area contributed by atoms with Crippen LogP contribution < -0.4 is 15.0 Å². The van der Waals surface area contributed by atoms with E-state index < -0.39 is 0 Å². The van der Waals surface area contributed by atoms with Gasteiger partial charge in [0, 0.05) is 35.4 Å². The van der Waals surface area contributed by atoms with Crippen LogP contribution in [0.1, 0.15) is 6.42 Å². The fourth-order valence-electron chi connectivity index (χ4n) is 2.69. The maximum atomic E-state index is 12.4. The Kier molecular flexibility index (Phi) is 4.71. The zero-order valence-corrected chi connectivity index (χ0v) is 13.9. The average Bonchev–Trinajstić information content (AvgIpc) is 2.99. The number of rotatable bonds is 4. The molecule has 0 aliphatic carbocycles. The summed E-state index contributed by atoms with van der Waals surface area (Å²) in [6.45, 7) is 0.353. The van der Waals surface area contributed by atoms with Gasteiger partial charge in [-0.1, -0.05) is 17.7 Å². The lowest BCUT2D eigenvalue weighted by Crippen LogP contribution is -2.28. The van der Waals surface area contributed by atoms with Gasteiger partial charge in [0.15, 0.2) is 0 Å². The number of ether oxygens (including phenoxy) is 1. The van der Waals surface area contributed by atoms with Crippen molar-refractivity contribution in [3.8, 4) is 5.75 Å². The number of benzene rings is 2. The van der Waals surface area contributed by atoms with Gasteiger partial charge in [-0.3, -0.25) is 9.59 Å². The fraction of sp³-hybridized carbons (Fsp3) is 0.222. The molecular weight excluding hydrogens is 328 g/mol. The molecule has 2 aromatic rings. The summed E-state index contributed by atoms with van der Waals surface area (Å²) in [6.07, 6.45) is 0.191. The molecule has 1 atom stereocenters. The zero-order chi connectivity index (χ0) is 17.1. The monoisotopic (exact) mass is 344 g/mol. The van der Waals surface area contributed by atoms with Crippen LogP contribution in [0.3, 0.4) is 0 Å². The highest BCUT2D eigenvalue weighted by Gasteiger charge is 2.35. The largest absolute Gasteiger partial charge is 0.497 e. The van der Waals surface area contributed by atoms with Gasteiger partial charge < -0.3 is 15.0 Å². The smallest absolute Gasteiger partial charge is 0.229 e. The quantitative estimate of drug-likeness (QED) is 0.925. The number of nitrogens with one attached hydrogen (secondary N) is 1. The Morgan fingerprint density at radius 2 is 2.00 bits per heavy atom. The molecule has 1 aliphatic rings. The second-order valence-electron chi connectivity index (χ2n) is 5.60. The van der Waals surface area contributed by atoms with E-state index in [1.54, 1.807) is 42.3 Å². The first-order chi connectivity index (χ1) is 11.6. The minimum Gasteiger partial charge on any atom is -0.497 e. The molecule has 1 unspecified atom stereocenters. The number of hydrogen-bond donors (Lipinski definition) is 1. The summed E-state index contributed by atoms with van der Waals surface area (Å²) >= 11 is 5.83. The van der Waals surface area contributed by atoms with E-state index in [4.69, 9.17) is 16.3 Å². The third kappa shape index (κ3) is 3.51. The van der Waals surface area contributed by atoms with Gasteiger partial charge in [0.25, 0.3) is 0 Å². The first-order valence-corrected chi connectivity index (χ1v) is 7.95. The Labute approximate surface area is 145 Å². The number of carbonyl (C=O) groups excluding carboxylic acids is 2. The maximum absolute atomic E-state index is 12.4. The number of anilines is 2. The number of carbonyl (C=O) groups is 2. The lowest BCUT2D eigenvalue weighted by atomic mass is 10.1. The summed E-state index contributed by atoms with van der Waals surface area (Å²) in [5.74, 6) is 0.0457. The van der Waals surface area contributed by atoms with E-state index in [-0.39, 0.29) is 24.2 Å². The molecule has 0 bridgehead atoms. The Hall–Kier alpha value is -2.53. The number of nitrogens with zero attached hydrogens (tertiary/aromatic N) is 1. The van der Waals surface area contributed by atoms with E-state index >= 15 is 0 Å². The van der Waals surface area contributed by atoms with Crippen LogP contribution in [0.5, 0.6) is 5.75 Å². The average molecular weight is 345 g/mol. The van der Waals surface area contributed by atoms with Crippen LogP contribution in [0.15, 0.2) is 48.5 Å². The van der Waals surface area contributed by atoms with Gasteiger partial charge in [-0.15, -0.1) is 0 Å². The van der Waals surface area contributed by atoms with E-state index in [1.165, 1.54) is 0 Å². The van der Waals surface area contributed by atoms with Gasteiger partial charge in [0.1, 0.15) is 5.75 Å². The van der Waals surface area contributed by atoms with E-state index in [2.05, 4.69) is 5.32 Å². The molecule has 1 fully saturated rings. The van der Waals surface area contributed by atoms with Crippen molar-refractivity contribution in [3.63, 3.8) is 0 Å². The van der Waals surface area contributed by atoms with Crippen LogP contribution in [0.4, 0.5) is 11.4 Å². The van der Waals surface area contributed by atoms with Crippen molar-refractivity contribution >= 4 is 34.8 Å². The molecule has 2 aromatic carbocycles. The van der Waals surface area contributed by atoms with Crippen LogP contribution in [0.2, 0.25) is 5.02 Å². The highest BCUT2D eigenvalue weighted by Crippen LogP contribution is 2.28. The highest BCUT2D eigenvalue weighted by atomic mass is 35.5. The molecule has 0 radical (unpaired) electrons. The Morgan fingerprint density at radius 1 is 1.25 bits per heavy atom. The topological polar surface area (TPSA) is 58.6 Å². The molecule has 1 heterocycles. The summed E-state index contributed by atoms with van der Waals surface area (Å²) in [7, 11) is 1.58. The molecule has 3 rings (SSSR count). The van der Waals surface area contributed by atoms with Crippen molar-refractivity contribution in [2.24, 2.45) is 5.92 Å². The van der Waals surface area contributed by atoms with Crippen molar-refractivity contribution in [2.75, 3.05) is 23.9 Å². The van der Waals surface area contributed by atoms with Crippen molar-refractivity contribution < 1.29 is 14.3 Å². The van der Waals surface area contributed by atoms with Crippen molar-refractivity contribution in [3.05, 3.63) is 53.6 Å². The molecule has 1 N–H and O–H groups in total. The van der Waals surface area contributed by atoms with Gasteiger partial charge in [0.2, 0.25) is 11.8 Å². The zero-order valence-electron chi connectivity index (χ0n) is 13.2. The normalized spacial score (nSPS) is 17.0. The first kappa shape index (κ1) is 16.3. The predicted molar refractivity (Wildman–Crippen MR) is 93.5 cm³/mol. The minimum absolute atomic E-state index is 0.0699. The summed E-state index contributed by atoms with van der Waals surface area (Å²) in [4.78, 5) is 26.3. The molecule has 24 heavy (non-hydrogen) atoms. The van der Waals surface area contributed by atoms with Crippen LogP contribution >= 0.6 is 11.6 Å². The molecule has 124 valence electrons. The highest BCUT2D eigenvalue weighted by molar-refractivity contribution is 6.30. The summed E-state index contributed by atoms with van der Waals surface area (Å²) in [5.41, 5.74) is 1.40. The van der Waals surface area contributed by atoms with Crippen molar-refractivity contribution in [2.45, 2.75) is 6.42 Å². The Balaban J connectivity index is 1.69. The SMILES string of the molecule is COc1cccc(N2CC(C(=O)Nc3ccc(Cl)cc3)CC2=O)c1. The van der Waals surface area contributed by atoms with Gasteiger partial charge in [-0.25, -0.2) is 0 Å². The standard InChI is InChI=1S/C18H17ClN2O3/c1-24-16-4-2-3-15(10-16)21-11-12(9-17(21)22)18(23)20-14-7-5-13(19)6-8-14/h2-8,10,12H,9,11H2,1H3,(H,20,23).